The van der Waals surface area contributed by atoms with Crippen molar-refractivity contribution in [3.05, 3.63) is 23.8 Å². The van der Waals surface area contributed by atoms with E-state index in [2.05, 4.69) is 0 Å². The molecule has 2 heterocycles. The molecular formula is C19H28NO6+. The molecule has 7 nitrogen and oxygen atoms in total. The number of nitrogens with one attached hydrogen (secondary N) is 1. The quantitative estimate of drug-likeness (QED) is 0.638. The fourth-order valence-electron chi connectivity index (χ4n) is 3.46. The molecule has 1 atom stereocenters. The molecule has 0 aromatic heterocycles. The molecule has 0 amide bonds. The van der Waals surface area contributed by atoms with Gasteiger partial charge in [0.2, 0.25) is 6.79 Å². The Balaban J connectivity index is 1.33. The van der Waals surface area contributed by atoms with Crippen molar-refractivity contribution in [3.8, 4) is 11.5 Å². The first-order valence-electron chi connectivity index (χ1n) is 9.30. The lowest BCUT2D eigenvalue weighted by Crippen LogP contribution is -3.14. The van der Waals surface area contributed by atoms with Gasteiger partial charge in [0.05, 0.1) is 38.8 Å². The van der Waals surface area contributed by atoms with E-state index in [4.69, 9.17) is 18.9 Å². The van der Waals surface area contributed by atoms with Crippen LogP contribution < -0.4 is 14.4 Å². The predicted molar refractivity (Wildman–Crippen MR) is 93.1 cm³/mol. The molecule has 0 saturated carbocycles. The van der Waals surface area contributed by atoms with Gasteiger partial charge >= 0.3 is 5.97 Å². The van der Waals surface area contributed by atoms with Crippen LogP contribution in [0.1, 0.15) is 25.3 Å². The van der Waals surface area contributed by atoms with Crippen molar-refractivity contribution in [2.24, 2.45) is 5.92 Å². The average molecular weight is 366 g/mol. The molecule has 7 heteroatoms. The van der Waals surface area contributed by atoms with Crippen LogP contribution in [0, 0.1) is 5.92 Å². The monoisotopic (exact) mass is 366 g/mol. The van der Waals surface area contributed by atoms with E-state index in [9.17, 15) is 9.90 Å². The van der Waals surface area contributed by atoms with E-state index in [-0.39, 0.29) is 18.7 Å². The Morgan fingerprint density at radius 1 is 1.31 bits per heavy atom. The van der Waals surface area contributed by atoms with E-state index >= 15 is 0 Å². The second-order valence-corrected chi connectivity index (χ2v) is 6.84. The fraction of sp³-hybridized carbons (Fsp3) is 0.632. The van der Waals surface area contributed by atoms with Crippen molar-refractivity contribution in [1.29, 1.82) is 0 Å². The van der Waals surface area contributed by atoms with Gasteiger partial charge in [-0.2, -0.15) is 0 Å². The van der Waals surface area contributed by atoms with Gasteiger partial charge in [0.1, 0.15) is 12.6 Å². The number of ether oxygens (including phenoxy) is 4. The summed E-state index contributed by atoms with van der Waals surface area (Å²) in [5.74, 6) is 1.42. The highest BCUT2D eigenvalue weighted by atomic mass is 16.7. The minimum absolute atomic E-state index is 0.0121. The number of esters is 1. The Morgan fingerprint density at radius 3 is 2.85 bits per heavy atom. The highest BCUT2D eigenvalue weighted by molar-refractivity contribution is 5.72. The number of fused-ring (bicyclic) bond motifs is 1. The maximum Gasteiger partial charge on any atom is 0.309 e. The van der Waals surface area contributed by atoms with Crippen LogP contribution in [0.3, 0.4) is 0 Å². The van der Waals surface area contributed by atoms with Gasteiger partial charge in [-0.05, 0) is 24.6 Å². The third kappa shape index (κ3) is 5.09. The van der Waals surface area contributed by atoms with Crippen LogP contribution >= 0.6 is 0 Å². The third-order valence-corrected chi connectivity index (χ3v) is 4.85. The van der Waals surface area contributed by atoms with Gasteiger partial charge in [-0.25, -0.2) is 0 Å². The molecule has 0 aliphatic carbocycles. The molecule has 2 N–H and O–H groups in total. The van der Waals surface area contributed by atoms with Crippen molar-refractivity contribution < 1.29 is 33.7 Å². The van der Waals surface area contributed by atoms with E-state index in [1.165, 1.54) is 4.90 Å². The average Bonchev–Trinajstić information content (AvgIpc) is 3.10. The van der Waals surface area contributed by atoms with Crippen LogP contribution in [0.4, 0.5) is 0 Å². The summed E-state index contributed by atoms with van der Waals surface area (Å²) < 4.78 is 21.4. The first-order chi connectivity index (χ1) is 12.7. The molecule has 1 aromatic carbocycles. The summed E-state index contributed by atoms with van der Waals surface area (Å²) in [4.78, 5) is 13.1. The van der Waals surface area contributed by atoms with Gasteiger partial charge in [-0.15, -0.1) is 0 Å². The molecule has 0 bridgehead atoms. The molecule has 2 aliphatic rings. The Kier molecular flexibility index (Phi) is 6.71. The topological polar surface area (TPSA) is 78.7 Å². The summed E-state index contributed by atoms with van der Waals surface area (Å²) in [5.41, 5.74) is 0.990. The highest BCUT2D eigenvalue weighted by Crippen LogP contribution is 2.32. The van der Waals surface area contributed by atoms with E-state index < -0.39 is 6.10 Å². The number of aliphatic hydroxyl groups excluding tert-OH is 1. The number of carbonyl (C=O) groups excluding carboxylic acids is 1. The fourth-order valence-corrected chi connectivity index (χ4v) is 3.46. The minimum atomic E-state index is -0.516. The molecule has 2 aliphatic heterocycles. The lowest BCUT2D eigenvalue weighted by Gasteiger charge is -2.29. The first kappa shape index (κ1) is 18.9. The number of quaternary nitrogens is 1. The second-order valence-electron chi connectivity index (χ2n) is 6.84. The van der Waals surface area contributed by atoms with Gasteiger partial charge < -0.3 is 29.0 Å². The zero-order valence-corrected chi connectivity index (χ0v) is 15.2. The molecule has 1 aromatic rings. The molecular weight excluding hydrogens is 338 g/mol. The van der Waals surface area contributed by atoms with Gasteiger partial charge in [-0.3, -0.25) is 4.79 Å². The summed E-state index contributed by atoms with van der Waals surface area (Å²) >= 11 is 0. The molecule has 3 rings (SSSR count). The number of carbonyl (C=O) groups is 1. The molecule has 0 radical (unpaired) electrons. The smallest absolute Gasteiger partial charge is 0.309 e. The first-order valence-corrected chi connectivity index (χ1v) is 9.30. The zero-order chi connectivity index (χ0) is 18.4. The molecule has 144 valence electrons. The summed E-state index contributed by atoms with van der Waals surface area (Å²) in [6.45, 7) is 5.63. The molecule has 26 heavy (non-hydrogen) atoms. The van der Waals surface area contributed by atoms with Crippen molar-refractivity contribution in [1.82, 2.24) is 0 Å². The number of rotatable bonds is 8. The van der Waals surface area contributed by atoms with Crippen molar-refractivity contribution in [3.63, 3.8) is 0 Å². The van der Waals surface area contributed by atoms with Gasteiger partial charge in [0, 0.05) is 12.8 Å². The summed E-state index contributed by atoms with van der Waals surface area (Å²) in [5, 5.41) is 10.2. The van der Waals surface area contributed by atoms with E-state index in [0.717, 1.165) is 43.0 Å². The lowest BCUT2D eigenvalue weighted by atomic mass is 9.97. The van der Waals surface area contributed by atoms with Crippen LogP contribution in [0.2, 0.25) is 0 Å². The minimum Gasteiger partial charge on any atom is -0.466 e. The largest absolute Gasteiger partial charge is 0.466 e. The molecule has 0 spiro atoms. The van der Waals surface area contributed by atoms with Crippen molar-refractivity contribution >= 4 is 5.97 Å². The van der Waals surface area contributed by atoms with E-state index in [1.54, 1.807) is 0 Å². The standard InChI is InChI=1S/C19H27NO6/c1-2-24-19(22)15-5-7-20(8-6-15)10-16(21)12-23-11-14-3-4-17-18(9-14)26-13-25-17/h3-4,9,15-16,21H,2,5-8,10-13H2,1H3/p+1/t16-/m1/s1. The molecule has 1 saturated heterocycles. The Bertz CT molecular complexity index is 600. The maximum atomic E-state index is 11.8. The summed E-state index contributed by atoms with van der Waals surface area (Å²) in [6, 6.07) is 5.71. The van der Waals surface area contributed by atoms with Crippen LogP contribution in [-0.4, -0.2) is 56.8 Å². The summed E-state index contributed by atoms with van der Waals surface area (Å²) in [6.07, 6.45) is 1.12. The number of piperidine rings is 1. The van der Waals surface area contributed by atoms with Crippen LogP contribution in [0.15, 0.2) is 18.2 Å². The van der Waals surface area contributed by atoms with Gasteiger partial charge in [0.25, 0.3) is 0 Å². The number of hydrogen-bond acceptors (Lipinski definition) is 6. The SMILES string of the molecule is CCOC(=O)C1CC[NH+](C[C@@H](O)COCc2ccc3c(c2)OCO3)CC1. The van der Waals surface area contributed by atoms with Crippen molar-refractivity contribution in [2.45, 2.75) is 32.5 Å². The Morgan fingerprint density at radius 2 is 2.08 bits per heavy atom. The molecule has 0 unspecified atom stereocenters. The number of hydrogen-bond donors (Lipinski definition) is 2. The lowest BCUT2D eigenvalue weighted by molar-refractivity contribution is -0.908. The Labute approximate surface area is 153 Å². The van der Waals surface area contributed by atoms with Crippen LogP contribution in [-0.2, 0) is 20.9 Å². The summed E-state index contributed by atoms with van der Waals surface area (Å²) in [7, 11) is 0. The number of aliphatic hydroxyl groups is 1. The number of benzene rings is 1. The maximum absolute atomic E-state index is 11.8. The van der Waals surface area contributed by atoms with Crippen LogP contribution in [0.5, 0.6) is 11.5 Å². The van der Waals surface area contributed by atoms with Crippen LogP contribution in [0.25, 0.3) is 0 Å². The van der Waals surface area contributed by atoms with Gasteiger partial charge in [-0.1, -0.05) is 6.07 Å². The third-order valence-electron chi connectivity index (χ3n) is 4.85. The number of likely N-dealkylation sites (tertiary alicyclic amines) is 1. The van der Waals surface area contributed by atoms with Gasteiger partial charge in [0.15, 0.2) is 11.5 Å². The van der Waals surface area contributed by atoms with Crippen molar-refractivity contribution in [2.75, 3.05) is 39.6 Å². The van der Waals surface area contributed by atoms with E-state index in [1.807, 2.05) is 25.1 Å². The normalized spacial score (nSPS) is 22.8. The zero-order valence-electron chi connectivity index (χ0n) is 15.2. The highest BCUT2D eigenvalue weighted by Gasteiger charge is 2.29. The Hall–Kier alpha value is -1.83. The predicted octanol–water partition coefficient (Wildman–Crippen LogP) is 0.151. The second kappa shape index (κ2) is 9.21. The van der Waals surface area contributed by atoms with E-state index in [0.29, 0.717) is 26.4 Å². The molecule has 1 fully saturated rings.